The quantitative estimate of drug-likeness (QED) is 0.753. The van der Waals surface area contributed by atoms with E-state index in [1.807, 2.05) is 31.2 Å². The summed E-state index contributed by atoms with van der Waals surface area (Å²) in [6.07, 6.45) is 1.76. The highest BCUT2D eigenvalue weighted by atomic mass is 16.2. The van der Waals surface area contributed by atoms with Crippen LogP contribution < -0.4 is 4.90 Å². The number of pyridine rings is 1. The van der Waals surface area contributed by atoms with Crippen molar-refractivity contribution in [3.63, 3.8) is 0 Å². The van der Waals surface area contributed by atoms with Crippen LogP contribution in [-0.4, -0.2) is 22.6 Å². The van der Waals surface area contributed by atoms with Gasteiger partial charge in [0.2, 0.25) is 5.91 Å². The number of rotatable bonds is 1. The monoisotopic (exact) mass is 332 g/mol. The number of hydrogen-bond donors (Lipinski definition) is 0. The number of imide groups is 1. The second-order valence-corrected chi connectivity index (χ2v) is 7.06. The van der Waals surface area contributed by atoms with E-state index in [1.54, 1.807) is 6.07 Å². The van der Waals surface area contributed by atoms with Crippen LogP contribution in [0.15, 0.2) is 41.5 Å². The molecule has 2 fully saturated rings. The highest BCUT2D eigenvalue weighted by Gasteiger charge is 2.55. The molecular formula is C20H16N2O3. The number of amides is 2. The average Bonchev–Trinajstić information content (AvgIpc) is 2.88. The smallest absolute Gasteiger partial charge is 0.261 e. The third kappa shape index (κ3) is 1.83. The van der Waals surface area contributed by atoms with Crippen molar-refractivity contribution in [3.05, 3.63) is 47.2 Å². The second kappa shape index (κ2) is 4.85. The van der Waals surface area contributed by atoms with Gasteiger partial charge in [0, 0.05) is 29.0 Å². The van der Waals surface area contributed by atoms with E-state index in [0.717, 1.165) is 23.1 Å². The maximum absolute atomic E-state index is 13.1. The van der Waals surface area contributed by atoms with Crippen LogP contribution in [-0.2, 0) is 14.4 Å². The maximum Gasteiger partial charge on any atom is 0.261 e. The third-order valence-corrected chi connectivity index (χ3v) is 5.65. The van der Waals surface area contributed by atoms with Crippen LogP contribution in [0.2, 0.25) is 0 Å². The topological polar surface area (TPSA) is 67.3 Å². The van der Waals surface area contributed by atoms with E-state index in [-0.39, 0.29) is 23.5 Å². The minimum atomic E-state index is -0.586. The Hall–Kier alpha value is -2.82. The van der Waals surface area contributed by atoms with E-state index in [0.29, 0.717) is 29.6 Å². The summed E-state index contributed by atoms with van der Waals surface area (Å²) < 4.78 is 0. The van der Waals surface area contributed by atoms with Gasteiger partial charge in [-0.3, -0.25) is 19.4 Å². The lowest BCUT2D eigenvalue weighted by molar-refractivity contribution is -0.131. The molecule has 1 saturated carbocycles. The molecule has 5 heteroatoms. The standard InChI is InChI=1S/C20H16N2O3/c1-10-5-6-11-3-2-4-14(18(11)21-10)22-19(24)16-12-7-8-13(15(23)9-12)17(16)20(22)25/h2-6,13,17H,7-9H2,1H3. The Morgan fingerprint density at radius 3 is 2.76 bits per heavy atom. The summed E-state index contributed by atoms with van der Waals surface area (Å²) >= 11 is 0. The van der Waals surface area contributed by atoms with Crippen LogP contribution in [0.4, 0.5) is 5.69 Å². The molecule has 1 saturated heterocycles. The van der Waals surface area contributed by atoms with Crippen LogP contribution in [0.3, 0.4) is 0 Å². The van der Waals surface area contributed by atoms with Crippen molar-refractivity contribution in [1.82, 2.24) is 4.98 Å². The highest BCUT2D eigenvalue weighted by Crippen LogP contribution is 2.49. The van der Waals surface area contributed by atoms with E-state index in [1.165, 1.54) is 4.90 Å². The van der Waals surface area contributed by atoms with E-state index in [2.05, 4.69) is 4.98 Å². The van der Waals surface area contributed by atoms with Crippen molar-refractivity contribution in [2.24, 2.45) is 11.8 Å². The summed E-state index contributed by atoms with van der Waals surface area (Å²) in [6, 6.07) is 9.35. The normalized spacial score (nSPS) is 25.3. The molecule has 2 amide bonds. The van der Waals surface area contributed by atoms with Crippen LogP contribution >= 0.6 is 0 Å². The molecule has 0 spiro atoms. The number of hydrogen-bond acceptors (Lipinski definition) is 4. The molecular weight excluding hydrogens is 316 g/mol. The van der Waals surface area contributed by atoms with E-state index < -0.39 is 5.92 Å². The number of ketones is 1. The van der Waals surface area contributed by atoms with Crippen LogP contribution in [0.25, 0.3) is 10.9 Å². The van der Waals surface area contributed by atoms with Gasteiger partial charge in [-0.15, -0.1) is 0 Å². The maximum atomic E-state index is 13.1. The number of aryl methyl sites for hydroxylation is 1. The molecule has 0 radical (unpaired) electrons. The van der Waals surface area contributed by atoms with Gasteiger partial charge < -0.3 is 0 Å². The van der Waals surface area contributed by atoms with Gasteiger partial charge in [-0.05, 0) is 31.9 Å². The molecule has 2 bridgehead atoms. The van der Waals surface area contributed by atoms with Gasteiger partial charge in [-0.1, -0.05) is 23.8 Å². The molecule has 2 aromatic rings. The lowest BCUT2D eigenvalue weighted by Gasteiger charge is -2.33. The summed E-state index contributed by atoms with van der Waals surface area (Å²) in [7, 11) is 0. The van der Waals surface area contributed by atoms with Gasteiger partial charge in [0.1, 0.15) is 5.78 Å². The molecule has 2 unspecified atom stereocenters. The lowest BCUT2D eigenvalue weighted by Crippen LogP contribution is -2.38. The fourth-order valence-electron chi connectivity index (χ4n) is 4.50. The molecule has 4 aliphatic rings. The molecule has 0 N–H and O–H groups in total. The largest absolute Gasteiger partial charge is 0.299 e. The molecule has 2 atom stereocenters. The van der Waals surface area contributed by atoms with Crippen molar-refractivity contribution in [1.29, 1.82) is 0 Å². The Morgan fingerprint density at radius 1 is 1.12 bits per heavy atom. The van der Waals surface area contributed by atoms with Crippen LogP contribution in [0.1, 0.15) is 25.0 Å². The van der Waals surface area contributed by atoms with Crippen molar-refractivity contribution < 1.29 is 14.4 Å². The molecule has 2 heterocycles. The Labute approximate surface area is 144 Å². The zero-order valence-corrected chi connectivity index (χ0v) is 13.8. The van der Waals surface area contributed by atoms with Gasteiger partial charge in [-0.25, -0.2) is 4.90 Å². The van der Waals surface area contributed by atoms with Gasteiger partial charge in [-0.2, -0.15) is 0 Å². The number of benzene rings is 1. The predicted molar refractivity (Wildman–Crippen MR) is 91.8 cm³/mol. The number of para-hydroxylation sites is 1. The van der Waals surface area contributed by atoms with Crippen molar-refractivity contribution >= 4 is 34.2 Å². The van der Waals surface area contributed by atoms with Gasteiger partial charge >= 0.3 is 0 Å². The minimum absolute atomic E-state index is 0.102. The fraction of sp³-hybridized carbons (Fsp3) is 0.300. The predicted octanol–water partition coefficient (Wildman–Crippen LogP) is 2.71. The van der Waals surface area contributed by atoms with E-state index in [9.17, 15) is 14.4 Å². The first-order valence-electron chi connectivity index (χ1n) is 8.55. The number of Topliss-reactive ketones (excluding diaryl/α,β-unsaturated/α-hetero) is 1. The summed E-state index contributed by atoms with van der Waals surface area (Å²) in [5, 5.41) is 0.885. The van der Waals surface area contributed by atoms with Gasteiger partial charge in [0.25, 0.3) is 5.91 Å². The molecule has 1 aromatic heterocycles. The lowest BCUT2D eigenvalue weighted by atomic mass is 9.67. The van der Waals surface area contributed by atoms with Crippen molar-refractivity contribution in [2.75, 3.05) is 4.90 Å². The number of carbonyl (C=O) groups excluding carboxylic acids is 3. The molecule has 25 heavy (non-hydrogen) atoms. The fourth-order valence-corrected chi connectivity index (χ4v) is 4.50. The summed E-state index contributed by atoms with van der Waals surface area (Å²) in [4.78, 5) is 44.2. The number of nitrogens with zero attached hydrogens (tertiary/aromatic N) is 2. The average molecular weight is 332 g/mol. The summed E-state index contributed by atoms with van der Waals surface area (Å²) in [6.45, 7) is 1.88. The minimum Gasteiger partial charge on any atom is -0.299 e. The molecule has 124 valence electrons. The van der Waals surface area contributed by atoms with E-state index in [4.69, 9.17) is 0 Å². The van der Waals surface area contributed by atoms with Crippen LogP contribution in [0.5, 0.6) is 0 Å². The Bertz CT molecular complexity index is 1020. The first-order chi connectivity index (χ1) is 12.1. The summed E-state index contributed by atoms with van der Waals surface area (Å²) in [5.74, 6) is -1.36. The molecule has 5 nitrogen and oxygen atoms in total. The van der Waals surface area contributed by atoms with E-state index >= 15 is 0 Å². The van der Waals surface area contributed by atoms with Gasteiger partial charge in [0.15, 0.2) is 0 Å². The highest BCUT2D eigenvalue weighted by molar-refractivity contribution is 6.32. The summed E-state index contributed by atoms with van der Waals surface area (Å²) in [5.41, 5.74) is 3.43. The molecule has 1 aromatic carbocycles. The van der Waals surface area contributed by atoms with Crippen molar-refractivity contribution in [2.45, 2.75) is 26.2 Å². The third-order valence-electron chi connectivity index (χ3n) is 5.65. The first-order valence-corrected chi connectivity index (χ1v) is 8.55. The Kier molecular flexibility index (Phi) is 2.82. The molecule has 6 rings (SSSR count). The van der Waals surface area contributed by atoms with Crippen LogP contribution in [0, 0.1) is 18.8 Å². The SMILES string of the molecule is Cc1ccc2cccc(N3C(=O)C4=C5CCC(C(=O)C5)C4C3=O)c2n1. The second-order valence-electron chi connectivity index (χ2n) is 7.06. The zero-order chi connectivity index (χ0) is 17.3. The number of anilines is 1. The number of carbonyl (C=O) groups is 3. The first kappa shape index (κ1) is 14.5. The Morgan fingerprint density at radius 2 is 1.96 bits per heavy atom. The number of aromatic nitrogens is 1. The van der Waals surface area contributed by atoms with Gasteiger partial charge in [0.05, 0.1) is 17.1 Å². The number of fused-ring (bicyclic) bond motifs is 3. The van der Waals surface area contributed by atoms with Crippen molar-refractivity contribution in [3.8, 4) is 0 Å². The molecule has 3 aliphatic carbocycles. The zero-order valence-electron chi connectivity index (χ0n) is 13.8. The Balaban J connectivity index is 1.72. The number of allylic oxidation sites excluding steroid dienone is 1. The molecule has 1 aliphatic heterocycles.